The second kappa shape index (κ2) is 3.83. The Morgan fingerprint density at radius 3 is 1.93 bits per heavy atom. The van der Waals surface area contributed by atoms with Crippen molar-refractivity contribution in [3.8, 4) is 0 Å². The van der Waals surface area contributed by atoms with E-state index in [1.54, 1.807) is 12.1 Å². The van der Waals surface area contributed by atoms with Crippen molar-refractivity contribution >= 4 is 16.0 Å². The quantitative estimate of drug-likeness (QED) is 0.764. The molecule has 84 valence electrons. The highest BCUT2D eigenvalue weighted by atomic mass is 32.2. The SMILES string of the molecule is CC(C)(C)c1ccc(NS(=O)(=O)O)cc1. The summed E-state index contributed by atoms with van der Waals surface area (Å²) in [6.07, 6.45) is 0. The molecule has 0 amide bonds. The lowest BCUT2D eigenvalue weighted by molar-refractivity contribution is 0.489. The van der Waals surface area contributed by atoms with Crippen LogP contribution in [-0.4, -0.2) is 13.0 Å². The third kappa shape index (κ3) is 3.89. The van der Waals surface area contributed by atoms with Crippen molar-refractivity contribution < 1.29 is 13.0 Å². The van der Waals surface area contributed by atoms with Crippen LogP contribution in [0, 0.1) is 0 Å². The summed E-state index contributed by atoms with van der Waals surface area (Å²) in [7, 11) is -4.18. The molecular weight excluding hydrogens is 214 g/mol. The zero-order valence-corrected chi connectivity index (χ0v) is 9.80. The van der Waals surface area contributed by atoms with E-state index >= 15 is 0 Å². The first-order valence-corrected chi connectivity index (χ1v) is 5.98. The van der Waals surface area contributed by atoms with E-state index in [0.717, 1.165) is 5.56 Å². The lowest BCUT2D eigenvalue weighted by Crippen LogP contribution is -2.12. The van der Waals surface area contributed by atoms with Gasteiger partial charge < -0.3 is 0 Å². The van der Waals surface area contributed by atoms with E-state index in [1.807, 2.05) is 16.9 Å². The highest BCUT2D eigenvalue weighted by Crippen LogP contribution is 2.23. The minimum atomic E-state index is -4.18. The van der Waals surface area contributed by atoms with Crippen LogP contribution in [0.1, 0.15) is 26.3 Å². The molecule has 1 aromatic rings. The van der Waals surface area contributed by atoms with Gasteiger partial charge in [0.2, 0.25) is 0 Å². The summed E-state index contributed by atoms with van der Waals surface area (Å²) >= 11 is 0. The highest BCUT2D eigenvalue weighted by Gasteiger charge is 2.13. The minimum Gasteiger partial charge on any atom is -0.269 e. The number of hydrogen-bond donors (Lipinski definition) is 2. The molecule has 0 aromatic heterocycles. The van der Waals surface area contributed by atoms with E-state index < -0.39 is 10.3 Å². The van der Waals surface area contributed by atoms with E-state index in [9.17, 15) is 8.42 Å². The summed E-state index contributed by atoms with van der Waals surface area (Å²) in [5.74, 6) is 0. The van der Waals surface area contributed by atoms with Gasteiger partial charge in [-0.15, -0.1) is 0 Å². The molecule has 5 heteroatoms. The Morgan fingerprint density at radius 2 is 1.60 bits per heavy atom. The molecule has 0 fully saturated rings. The van der Waals surface area contributed by atoms with Gasteiger partial charge in [0.05, 0.1) is 5.69 Å². The molecule has 0 heterocycles. The van der Waals surface area contributed by atoms with E-state index in [2.05, 4.69) is 20.8 Å². The van der Waals surface area contributed by atoms with Gasteiger partial charge in [-0.1, -0.05) is 32.9 Å². The molecule has 0 atom stereocenters. The average molecular weight is 229 g/mol. The van der Waals surface area contributed by atoms with Crippen LogP contribution in [0.4, 0.5) is 5.69 Å². The fourth-order valence-electron chi connectivity index (χ4n) is 1.19. The Labute approximate surface area is 90.2 Å². The normalized spacial score (nSPS) is 12.5. The molecule has 0 unspecified atom stereocenters. The van der Waals surface area contributed by atoms with Gasteiger partial charge in [-0.05, 0) is 23.1 Å². The van der Waals surface area contributed by atoms with Gasteiger partial charge in [0.1, 0.15) is 0 Å². The van der Waals surface area contributed by atoms with Crippen molar-refractivity contribution in [3.63, 3.8) is 0 Å². The maximum atomic E-state index is 10.5. The van der Waals surface area contributed by atoms with Crippen LogP contribution in [0.5, 0.6) is 0 Å². The zero-order chi connectivity index (χ0) is 11.7. The maximum Gasteiger partial charge on any atom is 0.357 e. The van der Waals surface area contributed by atoms with Crippen molar-refractivity contribution in [2.24, 2.45) is 0 Å². The fourth-order valence-corrected chi connectivity index (χ4v) is 1.62. The van der Waals surface area contributed by atoms with Gasteiger partial charge in [0, 0.05) is 0 Å². The lowest BCUT2D eigenvalue weighted by atomic mass is 9.87. The maximum absolute atomic E-state index is 10.5. The number of hydrogen-bond acceptors (Lipinski definition) is 2. The molecule has 1 rings (SSSR count). The Balaban J connectivity index is 2.91. The molecule has 0 aliphatic heterocycles. The predicted octanol–water partition coefficient (Wildman–Crippen LogP) is 2.20. The van der Waals surface area contributed by atoms with Crippen molar-refractivity contribution in [2.75, 3.05) is 4.72 Å². The van der Waals surface area contributed by atoms with Crippen LogP contribution in [0.25, 0.3) is 0 Å². The van der Waals surface area contributed by atoms with Crippen LogP contribution in [0.2, 0.25) is 0 Å². The fraction of sp³-hybridized carbons (Fsp3) is 0.400. The monoisotopic (exact) mass is 229 g/mol. The van der Waals surface area contributed by atoms with Gasteiger partial charge in [-0.2, -0.15) is 8.42 Å². The molecule has 0 bridgehead atoms. The molecule has 0 aliphatic carbocycles. The zero-order valence-electron chi connectivity index (χ0n) is 8.98. The molecule has 0 radical (unpaired) electrons. The summed E-state index contributed by atoms with van der Waals surface area (Å²) in [5, 5.41) is 0. The molecular formula is C10H15NO3S. The molecule has 4 nitrogen and oxygen atoms in total. The van der Waals surface area contributed by atoms with Crippen molar-refractivity contribution in [1.82, 2.24) is 0 Å². The summed E-state index contributed by atoms with van der Waals surface area (Å²) in [6.45, 7) is 6.20. The largest absolute Gasteiger partial charge is 0.357 e. The van der Waals surface area contributed by atoms with E-state index in [-0.39, 0.29) is 5.41 Å². The van der Waals surface area contributed by atoms with Crippen LogP contribution in [0.3, 0.4) is 0 Å². The molecule has 15 heavy (non-hydrogen) atoms. The summed E-state index contributed by atoms with van der Waals surface area (Å²) in [5.41, 5.74) is 1.48. The standard InChI is InChI=1S/C10H15NO3S/c1-10(2,3)8-4-6-9(7-5-8)11-15(12,13)14/h4-7,11H,1-3H3,(H,12,13,14). The summed E-state index contributed by atoms with van der Waals surface area (Å²) in [6, 6.07) is 6.89. The molecule has 0 spiro atoms. The van der Waals surface area contributed by atoms with Gasteiger partial charge in [-0.3, -0.25) is 9.27 Å². The number of rotatable bonds is 2. The molecule has 1 aromatic carbocycles. The Hall–Kier alpha value is -1.07. The second-order valence-corrected chi connectivity index (χ2v) is 5.56. The van der Waals surface area contributed by atoms with Gasteiger partial charge >= 0.3 is 10.3 Å². The molecule has 2 N–H and O–H groups in total. The third-order valence-corrected chi connectivity index (χ3v) is 2.49. The van der Waals surface area contributed by atoms with Crippen molar-refractivity contribution in [3.05, 3.63) is 29.8 Å². The van der Waals surface area contributed by atoms with Crippen LogP contribution in [0.15, 0.2) is 24.3 Å². The van der Waals surface area contributed by atoms with Crippen LogP contribution < -0.4 is 4.72 Å². The van der Waals surface area contributed by atoms with Gasteiger partial charge in [0.15, 0.2) is 0 Å². The number of benzene rings is 1. The van der Waals surface area contributed by atoms with E-state index in [4.69, 9.17) is 4.55 Å². The third-order valence-electron chi connectivity index (χ3n) is 2.00. The molecule has 0 saturated heterocycles. The number of nitrogens with one attached hydrogen (secondary N) is 1. The van der Waals surface area contributed by atoms with E-state index in [0.29, 0.717) is 5.69 Å². The minimum absolute atomic E-state index is 0.0244. The van der Waals surface area contributed by atoms with Crippen LogP contribution in [-0.2, 0) is 15.7 Å². The first-order chi connectivity index (χ1) is 6.68. The van der Waals surface area contributed by atoms with Gasteiger partial charge in [0.25, 0.3) is 0 Å². The van der Waals surface area contributed by atoms with Crippen molar-refractivity contribution in [1.29, 1.82) is 0 Å². The first-order valence-electron chi connectivity index (χ1n) is 4.54. The first kappa shape index (κ1) is 12.0. The average Bonchev–Trinajstić information content (AvgIpc) is 2.00. The lowest BCUT2D eigenvalue weighted by Gasteiger charge is -2.19. The number of anilines is 1. The van der Waals surface area contributed by atoms with Crippen LogP contribution >= 0.6 is 0 Å². The highest BCUT2D eigenvalue weighted by molar-refractivity contribution is 7.87. The Kier molecular flexibility index (Phi) is 3.06. The van der Waals surface area contributed by atoms with Crippen molar-refractivity contribution in [2.45, 2.75) is 26.2 Å². The van der Waals surface area contributed by atoms with Gasteiger partial charge in [-0.25, -0.2) is 0 Å². The molecule has 0 aliphatic rings. The predicted molar refractivity (Wildman–Crippen MR) is 60.3 cm³/mol. The molecule has 0 saturated carbocycles. The summed E-state index contributed by atoms with van der Waals surface area (Å²) < 4.78 is 31.6. The topological polar surface area (TPSA) is 66.4 Å². The van der Waals surface area contributed by atoms with E-state index in [1.165, 1.54) is 0 Å². The Morgan fingerprint density at radius 1 is 1.13 bits per heavy atom. The summed E-state index contributed by atoms with van der Waals surface area (Å²) in [4.78, 5) is 0. The smallest absolute Gasteiger partial charge is 0.269 e. The Bertz CT molecular complexity index is 429. The second-order valence-electron chi connectivity index (χ2n) is 4.40.